The summed E-state index contributed by atoms with van der Waals surface area (Å²) in [5, 5.41) is 9.90. The summed E-state index contributed by atoms with van der Waals surface area (Å²) in [5.74, 6) is 0.0475. The first-order valence-corrected chi connectivity index (χ1v) is 6.64. The first-order valence-electron chi connectivity index (χ1n) is 6.64. The lowest BCUT2D eigenvalue weighted by Gasteiger charge is -2.38. The van der Waals surface area contributed by atoms with Gasteiger partial charge in [0.15, 0.2) is 0 Å². The van der Waals surface area contributed by atoms with Gasteiger partial charge in [0.25, 0.3) is 0 Å². The molecule has 3 atom stereocenters. The molecule has 0 aromatic carbocycles. The molecule has 3 unspecified atom stereocenters. The van der Waals surface area contributed by atoms with Crippen molar-refractivity contribution >= 4 is 6.09 Å². The fraction of sp³-hybridized carbons (Fsp3) is 0.923. The maximum atomic E-state index is 12.0. The number of aliphatic hydroxyl groups excluding tert-OH is 1. The summed E-state index contributed by atoms with van der Waals surface area (Å²) >= 11 is 0. The SMILES string of the molecule is CCC(O)C1CC(N)CN(C(=O)OC(C)(C)C)C1. The number of rotatable bonds is 2. The molecule has 18 heavy (non-hydrogen) atoms. The Morgan fingerprint density at radius 3 is 2.61 bits per heavy atom. The minimum absolute atomic E-state index is 0.0475. The van der Waals surface area contributed by atoms with E-state index in [1.807, 2.05) is 27.7 Å². The molecule has 0 radical (unpaired) electrons. The number of carbonyl (C=O) groups excluding carboxylic acids is 1. The van der Waals surface area contributed by atoms with E-state index in [2.05, 4.69) is 0 Å². The first-order chi connectivity index (χ1) is 8.23. The third-order valence-electron chi connectivity index (χ3n) is 3.13. The number of hydrogen-bond acceptors (Lipinski definition) is 4. The van der Waals surface area contributed by atoms with E-state index >= 15 is 0 Å². The van der Waals surface area contributed by atoms with E-state index in [1.54, 1.807) is 4.90 Å². The number of hydrogen-bond donors (Lipinski definition) is 2. The molecule has 1 rings (SSSR count). The van der Waals surface area contributed by atoms with Gasteiger partial charge in [0.05, 0.1) is 6.10 Å². The van der Waals surface area contributed by atoms with Gasteiger partial charge < -0.3 is 20.5 Å². The van der Waals surface area contributed by atoms with E-state index in [4.69, 9.17) is 10.5 Å². The van der Waals surface area contributed by atoms with Crippen molar-refractivity contribution < 1.29 is 14.6 Å². The zero-order valence-electron chi connectivity index (χ0n) is 11.8. The lowest BCUT2D eigenvalue weighted by Crippen LogP contribution is -2.52. The van der Waals surface area contributed by atoms with Crippen molar-refractivity contribution in [1.29, 1.82) is 0 Å². The van der Waals surface area contributed by atoms with Crippen LogP contribution < -0.4 is 5.73 Å². The number of amides is 1. The molecule has 5 nitrogen and oxygen atoms in total. The summed E-state index contributed by atoms with van der Waals surface area (Å²) in [6.45, 7) is 8.48. The van der Waals surface area contributed by atoms with Crippen molar-refractivity contribution in [1.82, 2.24) is 4.90 Å². The smallest absolute Gasteiger partial charge is 0.410 e. The summed E-state index contributed by atoms with van der Waals surface area (Å²) < 4.78 is 5.34. The minimum atomic E-state index is -0.502. The van der Waals surface area contributed by atoms with Gasteiger partial charge >= 0.3 is 6.09 Å². The van der Waals surface area contributed by atoms with Gasteiger partial charge in [-0.15, -0.1) is 0 Å². The minimum Gasteiger partial charge on any atom is -0.444 e. The highest BCUT2D eigenvalue weighted by atomic mass is 16.6. The van der Waals surface area contributed by atoms with Crippen LogP contribution in [0.2, 0.25) is 0 Å². The highest BCUT2D eigenvalue weighted by Gasteiger charge is 2.33. The van der Waals surface area contributed by atoms with Crippen LogP contribution in [0.4, 0.5) is 4.79 Å². The Labute approximate surface area is 109 Å². The summed E-state index contributed by atoms with van der Waals surface area (Å²) in [5.41, 5.74) is 5.45. The Hall–Kier alpha value is -0.810. The van der Waals surface area contributed by atoms with Crippen LogP contribution in [0.5, 0.6) is 0 Å². The Bertz CT molecular complexity index is 288. The van der Waals surface area contributed by atoms with Gasteiger partial charge in [-0.1, -0.05) is 6.92 Å². The van der Waals surface area contributed by atoms with Crippen LogP contribution in [0, 0.1) is 5.92 Å². The van der Waals surface area contributed by atoms with Crippen LogP contribution >= 0.6 is 0 Å². The second-order valence-electron chi connectivity index (χ2n) is 6.12. The van der Waals surface area contributed by atoms with Crippen molar-refractivity contribution in [2.24, 2.45) is 11.7 Å². The number of aliphatic hydroxyl groups is 1. The van der Waals surface area contributed by atoms with Crippen LogP contribution in [0.3, 0.4) is 0 Å². The molecule has 0 aliphatic carbocycles. The molecule has 0 aromatic heterocycles. The summed E-state index contributed by atoms with van der Waals surface area (Å²) in [6.07, 6.45) is 0.695. The molecule has 1 heterocycles. The molecule has 106 valence electrons. The lowest BCUT2D eigenvalue weighted by molar-refractivity contribution is -0.00114. The predicted molar refractivity (Wildman–Crippen MR) is 70.2 cm³/mol. The van der Waals surface area contributed by atoms with Crippen molar-refractivity contribution in [3.05, 3.63) is 0 Å². The fourth-order valence-corrected chi connectivity index (χ4v) is 2.27. The molecule has 0 bridgehead atoms. The van der Waals surface area contributed by atoms with Crippen LogP contribution in [0.1, 0.15) is 40.5 Å². The second-order valence-corrected chi connectivity index (χ2v) is 6.12. The van der Waals surface area contributed by atoms with Crippen molar-refractivity contribution in [2.45, 2.75) is 58.3 Å². The third-order valence-corrected chi connectivity index (χ3v) is 3.13. The molecular formula is C13H26N2O3. The quantitative estimate of drug-likeness (QED) is 0.783. The third kappa shape index (κ3) is 4.46. The van der Waals surface area contributed by atoms with Crippen molar-refractivity contribution in [3.63, 3.8) is 0 Å². The summed E-state index contributed by atoms with van der Waals surface area (Å²) in [6, 6.07) is -0.0857. The van der Waals surface area contributed by atoms with Gasteiger partial charge in [0.2, 0.25) is 0 Å². The molecule has 0 aromatic rings. The molecule has 1 aliphatic heterocycles. The summed E-state index contributed by atoms with van der Waals surface area (Å²) in [4.78, 5) is 13.6. The van der Waals surface area contributed by atoms with Crippen LogP contribution in [0.25, 0.3) is 0 Å². The van der Waals surface area contributed by atoms with Gasteiger partial charge in [-0.3, -0.25) is 0 Å². The number of nitrogens with two attached hydrogens (primary N) is 1. The number of carbonyl (C=O) groups is 1. The highest BCUT2D eigenvalue weighted by Crippen LogP contribution is 2.22. The molecule has 1 fully saturated rings. The van der Waals surface area contributed by atoms with E-state index in [0.29, 0.717) is 19.5 Å². The molecule has 0 saturated carbocycles. The molecule has 1 aliphatic rings. The number of ether oxygens (including phenoxy) is 1. The molecule has 0 spiro atoms. The van der Waals surface area contributed by atoms with Gasteiger partial charge in [-0.25, -0.2) is 4.79 Å². The van der Waals surface area contributed by atoms with Gasteiger partial charge in [0, 0.05) is 25.0 Å². The standard InChI is InChI=1S/C13H26N2O3/c1-5-11(16)9-6-10(14)8-15(7-9)12(17)18-13(2,3)4/h9-11,16H,5-8,14H2,1-4H3. The maximum absolute atomic E-state index is 12.0. The van der Waals surface area contributed by atoms with Crippen LogP contribution in [-0.4, -0.2) is 46.9 Å². The second kappa shape index (κ2) is 5.89. The maximum Gasteiger partial charge on any atom is 0.410 e. The van der Waals surface area contributed by atoms with Gasteiger partial charge in [-0.05, 0) is 33.6 Å². The number of nitrogens with zero attached hydrogens (tertiary/aromatic N) is 1. The van der Waals surface area contributed by atoms with E-state index < -0.39 is 11.7 Å². The average molecular weight is 258 g/mol. The summed E-state index contributed by atoms with van der Waals surface area (Å²) in [7, 11) is 0. The van der Waals surface area contributed by atoms with E-state index in [1.165, 1.54) is 0 Å². The zero-order valence-corrected chi connectivity index (χ0v) is 11.8. The zero-order chi connectivity index (χ0) is 13.9. The molecule has 5 heteroatoms. The van der Waals surface area contributed by atoms with E-state index in [-0.39, 0.29) is 18.1 Å². The van der Waals surface area contributed by atoms with Crippen LogP contribution in [0.15, 0.2) is 0 Å². The Balaban J connectivity index is 2.63. The fourth-order valence-electron chi connectivity index (χ4n) is 2.27. The normalized spacial score (nSPS) is 26.9. The van der Waals surface area contributed by atoms with Gasteiger partial charge in [-0.2, -0.15) is 0 Å². The number of piperidine rings is 1. The largest absolute Gasteiger partial charge is 0.444 e. The lowest BCUT2D eigenvalue weighted by atomic mass is 9.89. The van der Waals surface area contributed by atoms with Gasteiger partial charge in [0.1, 0.15) is 5.60 Å². The van der Waals surface area contributed by atoms with Crippen molar-refractivity contribution in [2.75, 3.05) is 13.1 Å². The Morgan fingerprint density at radius 1 is 1.50 bits per heavy atom. The van der Waals surface area contributed by atoms with Crippen LogP contribution in [-0.2, 0) is 4.74 Å². The predicted octanol–water partition coefficient (Wildman–Crippen LogP) is 1.34. The first kappa shape index (κ1) is 15.2. The molecule has 1 saturated heterocycles. The Morgan fingerprint density at radius 2 is 2.11 bits per heavy atom. The topological polar surface area (TPSA) is 75.8 Å². The van der Waals surface area contributed by atoms with E-state index in [0.717, 1.165) is 6.42 Å². The van der Waals surface area contributed by atoms with Crippen molar-refractivity contribution in [3.8, 4) is 0 Å². The molecular weight excluding hydrogens is 232 g/mol. The number of likely N-dealkylation sites (tertiary alicyclic amines) is 1. The Kier molecular flexibility index (Phi) is 4.99. The average Bonchev–Trinajstić information content (AvgIpc) is 2.24. The monoisotopic (exact) mass is 258 g/mol. The van der Waals surface area contributed by atoms with E-state index in [9.17, 15) is 9.90 Å². The molecule has 1 amide bonds. The molecule has 3 N–H and O–H groups in total. The highest BCUT2D eigenvalue weighted by molar-refractivity contribution is 5.68.